The van der Waals surface area contributed by atoms with Crippen molar-refractivity contribution in [3.8, 4) is 0 Å². The lowest BCUT2D eigenvalue weighted by Crippen LogP contribution is -2.31. The first-order chi connectivity index (χ1) is 6.95. The molecule has 0 saturated carbocycles. The summed E-state index contributed by atoms with van der Waals surface area (Å²) < 4.78 is 26.6. The van der Waals surface area contributed by atoms with Gasteiger partial charge in [0.25, 0.3) is 0 Å². The summed E-state index contributed by atoms with van der Waals surface area (Å²) in [6.45, 7) is 1.64. The Morgan fingerprint density at radius 3 is 2.60 bits per heavy atom. The first-order valence-corrected chi connectivity index (χ1v) is 7.72. The maximum Gasteiger partial charge on any atom is 0.235 e. The quantitative estimate of drug-likeness (QED) is 0.504. The van der Waals surface area contributed by atoms with E-state index in [-0.39, 0.29) is 0 Å². The predicted octanol–water partition coefficient (Wildman–Crippen LogP) is -0.0512. The van der Waals surface area contributed by atoms with Gasteiger partial charge < -0.3 is 10.1 Å². The summed E-state index contributed by atoms with van der Waals surface area (Å²) in [6.07, 6.45) is 1.72. The van der Waals surface area contributed by atoms with Crippen LogP contribution in [0.2, 0.25) is 0 Å². The lowest BCUT2D eigenvalue weighted by atomic mass is 10.4. The number of halogens is 1. The second-order valence-electron chi connectivity index (χ2n) is 3.07. The van der Waals surface area contributed by atoms with Gasteiger partial charge in [0.1, 0.15) is 5.75 Å². The number of sulfone groups is 1. The summed E-state index contributed by atoms with van der Waals surface area (Å²) in [5.74, 6) is -0.909. The minimum absolute atomic E-state index is 0.441. The fraction of sp³-hybridized carbons (Fsp3) is 0.875. The van der Waals surface area contributed by atoms with Crippen LogP contribution in [-0.2, 0) is 19.4 Å². The van der Waals surface area contributed by atoms with Gasteiger partial charge in [0, 0.05) is 24.7 Å². The van der Waals surface area contributed by atoms with Crippen LogP contribution in [0.15, 0.2) is 0 Å². The molecule has 0 spiro atoms. The van der Waals surface area contributed by atoms with E-state index in [1.807, 2.05) is 0 Å². The molecule has 0 atom stereocenters. The Morgan fingerprint density at radius 2 is 2.07 bits per heavy atom. The number of nitrogens with one attached hydrogen (secondary N) is 1. The van der Waals surface area contributed by atoms with E-state index in [4.69, 9.17) is 4.74 Å². The molecular formula is C8H16BrNO4S. The highest BCUT2D eigenvalue weighted by Gasteiger charge is 2.09. The number of rotatable bonds is 8. The Kier molecular flexibility index (Phi) is 7.99. The monoisotopic (exact) mass is 301 g/mol. The van der Waals surface area contributed by atoms with E-state index < -0.39 is 21.5 Å². The van der Waals surface area contributed by atoms with Gasteiger partial charge in [0.15, 0.2) is 9.84 Å². The zero-order valence-corrected chi connectivity index (χ0v) is 11.1. The molecule has 15 heavy (non-hydrogen) atoms. The number of carbonyl (C=O) groups is 1. The molecule has 5 nitrogen and oxygen atoms in total. The highest BCUT2D eigenvalue weighted by Crippen LogP contribution is 1.86. The highest BCUT2D eigenvalue weighted by molar-refractivity contribution is 9.09. The van der Waals surface area contributed by atoms with Crippen LogP contribution in [-0.4, -0.2) is 51.4 Å². The van der Waals surface area contributed by atoms with Crippen LogP contribution < -0.4 is 5.32 Å². The molecule has 0 aromatic carbocycles. The van der Waals surface area contributed by atoms with Gasteiger partial charge in [-0.2, -0.15) is 0 Å². The van der Waals surface area contributed by atoms with E-state index in [1.54, 1.807) is 0 Å². The van der Waals surface area contributed by atoms with E-state index >= 15 is 0 Å². The molecule has 0 rings (SSSR count). The van der Waals surface area contributed by atoms with E-state index in [1.165, 1.54) is 0 Å². The fourth-order valence-electron chi connectivity index (χ4n) is 0.848. The first kappa shape index (κ1) is 14.9. The Balaban J connectivity index is 3.40. The van der Waals surface area contributed by atoms with Gasteiger partial charge in [0.05, 0.1) is 6.61 Å². The van der Waals surface area contributed by atoms with Crippen molar-refractivity contribution >= 4 is 31.7 Å². The van der Waals surface area contributed by atoms with Crippen LogP contribution in [0.3, 0.4) is 0 Å². The summed E-state index contributed by atoms with van der Waals surface area (Å²) >= 11 is 3.21. The van der Waals surface area contributed by atoms with Gasteiger partial charge in [0.2, 0.25) is 5.91 Å². The molecule has 1 N–H and O–H groups in total. The summed E-state index contributed by atoms with van der Waals surface area (Å²) in [6, 6.07) is 0. The molecule has 7 heteroatoms. The van der Waals surface area contributed by atoms with Gasteiger partial charge >= 0.3 is 0 Å². The third-order valence-electron chi connectivity index (χ3n) is 1.40. The Bertz CT molecular complexity index is 278. The lowest BCUT2D eigenvalue weighted by molar-refractivity contribution is -0.118. The lowest BCUT2D eigenvalue weighted by Gasteiger charge is -2.04. The van der Waals surface area contributed by atoms with Crippen molar-refractivity contribution in [3.63, 3.8) is 0 Å². The number of ether oxygens (including phenoxy) is 1. The van der Waals surface area contributed by atoms with E-state index in [9.17, 15) is 13.2 Å². The van der Waals surface area contributed by atoms with Crippen molar-refractivity contribution in [3.05, 3.63) is 0 Å². The van der Waals surface area contributed by atoms with Crippen LogP contribution in [0, 0.1) is 0 Å². The van der Waals surface area contributed by atoms with Crippen molar-refractivity contribution in [2.75, 3.05) is 37.1 Å². The molecular weight excluding hydrogens is 286 g/mol. The topological polar surface area (TPSA) is 72.5 Å². The number of amides is 1. The smallest absolute Gasteiger partial charge is 0.235 e. The number of hydrogen-bond donors (Lipinski definition) is 1. The van der Waals surface area contributed by atoms with Gasteiger partial charge in [-0.05, 0) is 6.42 Å². The van der Waals surface area contributed by atoms with Gasteiger partial charge in [-0.15, -0.1) is 0 Å². The molecule has 90 valence electrons. The summed E-state index contributed by atoms with van der Waals surface area (Å²) in [5, 5.41) is 3.29. The molecule has 0 aliphatic carbocycles. The van der Waals surface area contributed by atoms with Gasteiger partial charge in [-0.3, -0.25) is 4.79 Å². The average molecular weight is 302 g/mol. The van der Waals surface area contributed by atoms with E-state index in [2.05, 4.69) is 21.2 Å². The van der Waals surface area contributed by atoms with Crippen LogP contribution in [0.25, 0.3) is 0 Å². The van der Waals surface area contributed by atoms with Gasteiger partial charge in [-0.1, -0.05) is 15.9 Å². The molecule has 0 unspecified atom stereocenters. The van der Waals surface area contributed by atoms with Crippen molar-refractivity contribution in [2.24, 2.45) is 0 Å². The van der Waals surface area contributed by atoms with Gasteiger partial charge in [-0.25, -0.2) is 8.42 Å². The van der Waals surface area contributed by atoms with Crippen LogP contribution in [0.4, 0.5) is 0 Å². The molecule has 0 aliphatic rings. The molecule has 0 bridgehead atoms. The summed E-state index contributed by atoms with van der Waals surface area (Å²) in [5.41, 5.74) is 0. The maximum atomic E-state index is 11.0. The van der Waals surface area contributed by atoms with Crippen molar-refractivity contribution < 1.29 is 17.9 Å². The second kappa shape index (κ2) is 8.06. The van der Waals surface area contributed by atoms with Crippen molar-refractivity contribution in [2.45, 2.75) is 6.42 Å². The van der Waals surface area contributed by atoms with Crippen LogP contribution >= 0.6 is 15.9 Å². The van der Waals surface area contributed by atoms with E-state index in [0.717, 1.165) is 11.6 Å². The number of carbonyl (C=O) groups excluding carboxylic acids is 1. The fourth-order valence-corrected chi connectivity index (χ4v) is 1.66. The normalized spacial score (nSPS) is 11.3. The standard InChI is InChI=1S/C8H16BrNO4S/c1-15(12,13)7-8(11)10-4-2-5-14-6-3-9/h2-7H2,1H3,(H,10,11). The predicted molar refractivity (Wildman–Crippen MR) is 62.0 cm³/mol. The van der Waals surface area contributed by atoms with E-state index in [0.29, 0.717) is 26.2 Å². The minimum Gasteiger partial charge on any atom is -0.381 e. The molecule has 0 saturated heterocycles. The summed E-state index contributed by atoms with van der Waals surface area (Å²) in [7, 11) is -3.22. The Morgan fingerprint density at radius 1 is 1.40 bits per heavy atom. The SMILES string of the molecule is CS(=O)(=O)CC(=O)NCCCOCCBr. The zero-order valence-electron chi connectivity index (χ0n) is 8.66. The van der Waals surface area contributed by atoms with Crippen molar-refractivity contribution in [1.29, 1.82) is 0 Å². The largest absolute Gasteiger partial charge is 0.381 e. The number of hydrogen-bond acceptors (Lipinski definition) is 4. The average Bonchev–Trinajstić information content (AvgIpc) is 2.08. The highest BCUT2D eigenvalue weighted by atomic mass is 79.9. The molecule has 1 amide bonds. The number of alkyl halides is 1. The summed E-state index contributed by atoms with van der Waals surface area (Å²) in [4.78, 5) is 11.0. The third kappa shape index (κ3) is 11.8. The maximum absolute atomic E-state index is 11.0. The Labute approximate surface area is 98.6 Å². The molecule has 0 fully saturated rings. The molecule has 0 heterocycles. The first-order valence-electron chi connectivity index (χ1n) is 4.54. The van der Waals surface area contributed by atoms with Crippen LogP contribution in [0.5, 0.6) is 0 Å². The minimum atomic E-state index is -3.22. The molecule has 0 aromatic rings. The molecule has 0 radical (unpaired) electrons. The van der Waals surface area contributed by atoms with Crippen molar-refractivity contribution in [1.82, 2.24) is 5.32 Å². The zero-order chi connectivity index (χ0) is 11.7. The molecule has 0 aromatic heterocycles. The van der Waals surface area contributed by atoms with Crippen LogP contribution in [0.1, 0.15) is 6.42 Å². The third-order valence-corrected chi connectivity index (χ3v) is 2.51. The Hall–Kier alpha value is -0.140. The second-order valence-corrected chi connectivity index (χ2v) is 6.01. The molecule has 0 aliphatic heterocycles.